The largest absolute Gasteiger partial charge is 0.326 e. The van der Waals surface area contributed by atoms with Crippen LogP contribution in [0.2, 0.25) is 0 Å². The second-order valence-electron chi connectivity index (χ2n) is 4.66. The first-order valence-corrected chi connectivity index (χ1v) is 6.60. The van der Waals surface area contributed by atoms with E-state index in [2.05, 4.69) is 32.7 Å². The SMILES string of the molecule is CC(=O)Nc1cccc(C(C)NCCc2ncn[nH]2)c1. The number of nitrogens with one attached hydrogen (secondary N) is 3. The first-order chi connectivity index (χ1) is 9.65. The van der Waals surface area contributed by atoms with Gasteiger partial charge in [-0.3, -0.25) is 9.89 Å². The van der Waals surface area contributed by atoms with Crippen molar-refractivity contribution in [3.63, 3.8) is 0 Å². The highest BCUT2D eigenvalue weighted by Crippen LogP contribution is 2.17. The zero-order valence-electron chi connectivity index (χ0n) is 11.7. The maximum Gasteiger partial charge on any atom is 0.221 e. The molecule has 0 aliphatic rings. The van der Waals surface area contributed by atoms with Crippen LogP contribution in [0.1, 0.15) is 31.3 Å². The molecule has 3 N–H and O–H groups in total. The number of aromatic amines is 1. The van der Waals surface area contributed by atoms with Gasteiger partial charge in [-0.25, -0.2) is 4.98 Å². The summed E-state index contributed by atoms with van der Waals surface area (Å²) in [6, 6.07) is 8.04. The highest BCUT2D eigenvalue weighted by molar-refractivity contribution is 5.88. The van der Waals surface area contributed by atoms with E-state index in [4.69, 9.17) is 0 Å². The molecule has 1 atom stereocenters. The molecule has 1 amide bonds. The molecule has 0 saturated carbocycles. The molecule has 106 valence electrons. The van der Waals surface area contributed by atoms with Gasteiger partial charge < -0.3 is 10.6 Å². The van der Waals surface area contributed by atoms with Gasteiger partial charge in [-0.1, -0.05) is 12.1 Å². The Morgan fingerprint density at radius 3 is 3.00 bits per heavy atom. The van der Waals surface area contributed by atoms with Gasteiger partial charge in [0.2, 0.25) is 5.91 Å². The zero-order valence-corrected chi connectivity index (χ0v) is 11.7. The normalized spacial score (nSPS) is 12.1. The van der Waals surface area contributed by atoms with Gasteiger partial charge in [0.05, 0.1) is 0 Å². The zero-order chi connectivity index (χ0) is 14.4. The summed E-state index contributed by atoms with van der Waals surface area (Å²) in [5, 5.41) is 12.9. The standard InChI is InChI=1S/C14H19N5O/c1-10(15-7-6-14-16-9-17-19-14)12-4-3-5-13(8-12)18-11(2)20/h3-5,8-10,15H,6-7H2,1-2H3,(H,18,20)(H,16,17,19). The molecule has 6 heteroatoms. The molecular weight excluding hydrogens is 254 g/mol. The van der Waals surface area contributed by atoms with Gasteiger partial charge in [0.1, 0.15) is 12.2 Å². The predicted octanol–water partition coefficient (Wildman–Crippen LogP) is 1.66. The number of hydrogen-bond acceptors (Lipinski definition) is 4. The van der Waals surface area contributed by atoms with Crippen molar-refractivity contribution in [2.75, 3.05) is 11.9 Å². The minimum absolute atomic E-state index is 0.0620. The lowest BCUT2D eigenvalue weighted by Crippen LogP contribution is -2.22. The monoisotopic (exact) mass is 273 g/mol. The molecule has 2 aromatic rings. The number of hydrogen-bond donors (Lipinski definition) is 3. The van der Waals surface area contributed by atoms with E-state index in [9.17, 15) is 4.79 Å². The van der Waals surface area contributed by atoms with Crippen LogP contribution in [-0.4, -0.2) is 27.6 Å². The average molecular weight is 273 g/mol. The van der Waals surface area contributed by atoms with E-state index in [0.29, 0.717) is 0 Å². The van der Waals surface area contributed by atoms with Crippen LogP contribution in [0.15, 0.2) is 30.6 Å². The highest BCUT2D eigenvalue weighted by atomic mass is 16.1. The molecule has 0 fully saturated rings. The Morgan fingerprint density at radius 2 is 2.30 bits per heavy atom. The van der Waals surface area contributed by atoms with Crippen LogP contribution < -0.4 is 10.6 Å². The van der Waals surface area contributed by atoms with Gasteiger partial charge in [-0.05, 0) is 24.6 Å². The number of nitrogens with zero attached hydrogens (tertiary/aromatic N) is 2. The predicted molar refractivity (Wildman–Crippen MR) is 77.3 cm³/mol. The van der Waals surface area contributed by atoms with Crippen molar-refractivity contribution in [3.05, 3.63) is 42.0 Å². The van der Waals surface area contributed by atoms with E-state index in [1.54, 1.807) is 0 Å². The van der Waals surface area contributed by atoms with Crippen LogP contribution >= 0.6 is 0 Å². The van der Waals surface area contributed by atoms with E-state index < -0.39 is 0 Å². The average Bonchev–Trinajstić information content (AvgIpc) is 2.91. The van der Waals surface area contributed by atoms with E-state index in [-0.39, 0.29) is 11.9 Å². The third-order valence-electron chi connectivity index (χ3n) is 2.98. The van der Waals surface area contributed by atoms with Gasteiger partial charge in [-0.2, -0.15) is 5.10 Å². The van der Waals surface area contributed by atoms with Gasteiger partial charge in [0, 0.05) is 31.6 Å². The smallest absolute Gasteiger partial charge is 0.221 e. The molecule has 6 nitrogen and oxygen atoms in total. The van der Waals surface area contributed by atoms with Crippen molar-refractivity contribution in [1.29, 1.82) is 0 Å². The summed E-state index contributed by atoms with van der Waals surface area (Å²) < 4.78 is 0. The van der Waals surface area contributed by atoms with E-state index in [1.807, 2.05) is 24.3 Å². The van der Waals surface area contributed by atoms with E-state index >= 15 is 0 Å². The third-order valence-corrected chi connectivity index (χ3v) is 2.98. The van der Waals surface area contributed by atoms with Crippen molar-refractivity contribution in [2.24, 2.45) is 0 Å². The maximum absolute atomic E-state index is 11.1. The topological polar surface area (TPSA) is 82.7 Å². The number of anilines is 1. The van der Waals surface area contributed by atoms with Gasteiger partial charge >= 0.3 is 0 Å². The lowest BCUT2D eigenvalue weighted by atomic mass is 10.1. The number of carbonyl (C=O) groups excluding carboxylic acids is 1. The van der Waals surface area contributed by atoms with Gasteiger partial charge in [0.15, 0.2) is 0 Å². The molecule has 20 heavy (non-hydrogen) atoms. The second kappa shape index (κ2) is 6.81. The third kappa shape index (κ3) is 4.17. The van der Waals surface area contributed by atoms with Crippen LogP contribution in [0.4, 0.5) is 5.69 Å². The molecule has 1 aromatic heterocycles. The maximum atomic E-state index is 11.1. The van der Waals surface area contributed by atoms with Gasteiger partial charge in [0.25, 0.3) is 0 Å². The molecular formula is C14H19N5O. The van der Waals surface area contributed by atoms with Gasteiger partial charge in [-0.15, -0.1) is 0 Å². The van der Waals surface area contributed by atoms with Crippen LogP contribution in [0.5, 0.6) is 0 Å². The quantitative estimate of drug-likeness (QED) is 0.747. The minimum atomic E-state index is -0.0620. The van der Waals surface area contributed by atoms with Crippen LogP contribution in [-0.2, 0) is 11.2 Å². The molecule has 2 rings (SSSR count). The lowest BCUT2D eigenvalue weighted by molar-refractivity contribution is -0.114. The number of H-pyrrole nitrogens is 1. The molecule has 0 bridgehead atoms. The summed E-state index contributed by atoms with van der Waals surface area (Å²) in [7, 11) is 0. The molecule has 0 aliphatic heterocycles. The summed E-state index contributed by atoms with van der Waals surface area (Å²) in [4.78, 5) is 15.1. The Labute approximate surface area is 118 Å². The molecule has 0 radical (unpaired) electrons. The second-order valence-corrected chi connectivity index (χ2v) is 4.66. The van der Waals surface area contributed by atoms with Crippen molar-refractivity contribution in [2.45, 2.75) is 26.3 Å². The number of rotatable bonds is 6. The number of carbonyl (C=O) groups is 1. The summed E-state index contributed by atoms with van der Waals surface area (Å²) in [5.74, 6) is 0.810. The fourth-order valence-electron chi connectivity index (χ4n) is 1.97. The highest BCUT2D eigenvalue weighted by Gasteiger charge is 2.06. The van der Waals surface area contributed by atoms with Crippen molar-refractivity contribution < 1.29 is 4.79 Å². The number of amides is 1. The van der Waals surface area contributed by atoms with Crippen LogP contribution in [0.3, 0.4) is 0 Å². The summed E-state index contributed by atoms with van der Waals surface area (Å²) in [6.07, 6.45) is 2.31. The number of benzene rings is 1. The molecule has 1 unspecified atom stereocenters. The number of aromatic nitrogens is 3. The summed E-state index contributed by atoms with van der Waals surface area (Å²) in [5.41, 5.74) is 1.95. The lowest BCUT2D eigenvalue weighted by Gasteiger charge is -2.15. The Morgan fingerprint density at radius 1 is 1.45 bits per heavy atom. The fourth-order valence-corrected chi connectivity index (χ4v) is 1.97. The Bertz CT molecular complexity index is 552. The molecule has 0 saturated heterocycles. The first-order valence-electron chi connectivity index (χ1n) is 6.60. The molecule has 1 aromatic carbocycles. The van der Waals surface area contributed by atoms with E-state index in [1.165, 1.54) is 13.3 Å². The molecule has 0 aliphatic carbocycles. The van der Waals surface area contributed by atoms with Crippen molar-refractivity contribution in [1.82, 2.24) is 20.5 Å². The summed E-state index contributed by atoms with van der Waals surface area (Å²) >= 11 is 0. The Hall–Kier alpha value is -2.21. The van der Waals surface area contributed by atoms with Crippen molar-refractivity contribution in [3.8, 4) is 0 Å². The molecule has 0 spiro atoms. The fraction of sp³-hybridized carbons (Fsp3) is 0.357. The Kier molecular flexibility index (Phi) is 4.84. The van der Waals surface area contributed by atoms with Crippen molar-refractivity contribution >= 4 is 11.6 Å². The molecule has 1 heterocycles. The Balaban J connectivity index is 1.88. The summed E-state index contributed by atoms with van der Waals surface area (Å²) in [6.45, 7) is 4.40. The van der Waals surface area contributed by atoms with Crippen LogP contribution in [0.25, 0.3) is 0 Å². The van der Waals surface area contributed by atoms with E-state index in [0.717, 1.165) is 30.0 Å². The van der Waals surface area contributed by atoms with Crippen LogP contribution in [0, 0.1) is 0 Å². The first kappa shape index (κ1) is 14.2. The minimum Gasteiger partial charge on any atom is -0.326 e.